The lowest BCUT2D eigenvalue weighted by molar-refractivity contribution is -0.140. The van der Waals surface area contributed by atoms with Crippen LogP contribution < -0.4 is 14.4 Å². The summed E-state index contributed by atoms with van der Waals surface area (Å²) in [5, 5.41) is 2.82. The van der Waals surface area contributed by atoms with Gasteiger partial charge >= 0.3 is 0 Å². The molecule has 2 amide bonds. The van der Waals surface area contributed by atoms with Gasteiger partial charge in [0.2, 0.25) is 21.8 Å². The van der Waals surface area contributed by atoms with Gasteiger partial charge in [-0.3, -0.25) is 13.9 Å². The standard InChI is InChI=1S/C26H36FN3O5S/c1-5-6-16-28-26(32)20(2)29(19-21-11-7-8-14-24(21)27)25(31)15-10-17-30(36(4,33)34)22-12-9-13-23(18-22)35-3/h7-9,11-14,18,20H,5-6,10,15-17,19H2,1-4H3,(H,28,32). The topological polar surface area (TPSA) is 96.0 Å². The van der Waals surface area contributed by atoms with E-state index in [4.69, 9.17) is 4.74 Å². The number of ether oxygens (including phenoxy) is 1. The molecule has 0 aliphatic heterocycles. The monoisotopic (exact) mass is 521 g/mol. The predicted molar refractivity (Wildman–Crippen MR) is 139 cm³/mol. The smallest absolute Gasteiger partial charge is 0.242 e. The van der Waals surface area contributed by atoms with E-state index in [0.717, 1.165) is 19.1 Å². The Hall–Kier alpha value is -3.14. The molecule has 10 heteroatoms. The molecule has 1 unspecified atom stereocenters. The predicted octanol–water partition coefficient (Wildman–Crippen LogP) is 3.71. The molecule has 2 rings (SSSR count). The average molecular weight is 522 g/mol. The molecular formula is C26H36FN3O5S. The summed E-state index contributed by atoms with van der Waals surface area (Å²) in [4.78, 5) is 27.3. The van der Waals surface area contributed by atoms with E-state index in [1.54, 1.807) is 49.4 Å². The first-order valence-corrected chi connectivity index (χ1v) is 13.9. The Bertz CT molecular complexity index is 1130. The van der Waals surface area contributed by atoms with Gasteiger partial charge in [0.1, 0.15) is 17.6 Å². The SMILES string of the molecule is CCCCNC(=O)C(C)N(Cc1ccccc1F)C(=O)CCCN(c1cccc(OC)c1)S(C)(=O)=O. The number of sulfonamides is 1. The molecule has 1 atom stereocenters. The van der Waals surface area contributed by atoms with Crippen molar-refractivity contribution in [2.24, 2.45) is 0 Å². The summed E-state index contributed by atoms with van der Waals surface area (Å²) >= 11 is 0. The van der Waals surface area contributed by atoms with Crippen molar-refractivity contribution in [1.29, 1.82) is 0 Å². The lowest BCUT2D eigenvalue weighted by atomic mass is 10.1. The van der Waals surface area contributed by atoms with Gasteiger partial charge in [-0.05, 0) is 38.0 Å². The number of amides is 2. The van der Waals surface area contributed by atoms with Crippen molar-refractivity contribution < 1.29 is 27.1 Å². The van der Waals surface area contributed by atoms with Crippen LogP contribution in [0.4, 0.5) is 10.1 Å². The molecule has 1 N–H and O–H groups in total. The number of hydrogen-bond donors (Lipinski definition) is 1. The molecule has 0 aliphatic carbocycles. The Morgan fingerprint density at radius 3 is 2.47 bits per heavy atom. The van der Waals surface area contributed by atoms with Crippen molar-refractivity contribution in [2.45, 2.75) is 52.1 Å². The number of carbonyl (C=O) groups is 2. The molecule has 0 fully saturated rings. The van der Waals surface area contributed by atoms with Gasteiger partial charge in [0, 0.05) is 37.7 Å². The Morgan fingerprint density at radius 1 is 1.11 bits per heavy atom. The largest absolute Gasteiger partial charge is 0.497 e. The van der Waals surface area contributed by atoms with Crippen molar-refractivity contribution in [3.05, 3.63) is 59.9 Å². The van der Waals surface area contributed by atoms with Crippen molar-refractivity contribution in [1.82, 2.24) is 10.2 Å². The highest BCUT2D eigenvalue weighted by molar-refractivity contribution is 7.92. The number of hydrogen-bond acceptors (Lipinski definition) is 5. The minimum absolute atomic E-state index is 0.0168. The zero-order valence-corrected chi connectivity index (χ0v) is 22.2. The molecule has 2 aromatic rings. The van der Waals surface area contributed by atoms with Gasteiger partial charge in [-0.1, -0.05) is 37.6 Å². The van der Waals surface area contributed by atoms with E-state index in [2.05, 4.69) is 5.32 Å². The molecular weight excluding hydrogens is 485 g/mol. The van der Waals surface area contributed by atoms with E-state index in [1.165, 1.54) is 22.4 Å². The number of methoxy groups -OCH3 is 1. The Balaban J connectivity index is 2.17. The number of anilines is 1. The highest BCUT2D eigenvalue weighted by Gasteiger charge is 2.27. The number of nitrogens with one attached hydrogen (secondary N) is 1. The number of rotatable bonds is 14. The van der Waals surface area contributed by atoms with Crippen LogP contribution in [0.3, 0.4) is 0 Å². The molecule has 2 aromatic carbocycles. The van der Waals surface area contributed by atoms with Crippen LogP contribution in [0, 0.1) is 5.82 Å². The maximum absolute atomic E-state index is 14.3. The maximum Gasteiger partial charge on any atom is 0.242 e. The van der Waals surface area contributed by atoms with Gasteiger partial charge in [-0.2, -0.15) is 0 Å². The van der Waals surface area contributed by atoms with E-state index in [9.17, 15) is 22.4 Å². The molecule has 0 bridgehead atoms. The van der Waals surface area contributed by atoms with Crippen LogP contribution in [0.15, 0.2) is 48.5 Å². The van der Waals surface area contributed by atoms with Crippen LogP contribution in [0.5, 0.6) is 5.75 Å². The first-order chi connectivity index (χ1) is 17.1. The van der Waals surface area contributed by atoms with Crippen LogP contribution in [0.2, 0.25) is 0 Å². The molecule has 0 saturated carbocycles. The summed E-state index contributed by atoms with van der Waals surface area (Å²) in [6.45, 7) is 4.10. The number of nitrogens with zero attached hydrogens (tertiary/aromatic N) is 2. The lowest BCUT2D eigenvalue weighted by Gasteiger charge is -2.29. The first kappa shape index (κ1) is 29.1. The Morgan fingerprint density at radius 2 is 1.83 bits per heavy atom. The van der Waals surface area contributed by atoms with E-state index in [-0.39, 0.29) is 37.7 Å². The maximum atomic E-state index is 14.3. The number of unbranched alkanes of at least 4 members (excludes halogenated alkanes) is 1. The highest BCUT2D eigenvalue weighted by Crippen LogP contribution is 2.24. The van der Waals surface area contributed by atoms with Gasteiger partial charge in [-0.15, -0.1) is 0 Å². The van der Waals surface area contributed by atoms with E-state index in [1.807, 2.05) is 6.92 Å². The fourth-order valence-electron chi connectivity index (χ4n) is 3.70. The van der Waals surface area contributed by atoms with Gasteiger partial charge in [-0.25, -0.2) is 12.8 Å². The average Bonchev–Trinajstić information content (AvgIpc) is 2.85. The molecule has 0 aliphatic rings. The molecule has 0 spiro atoms. The van der Waals surface area contributed by atoms with E-state index in [0.29, 0.717) is 23.5 Å². The van der Waals surface area contributed by atoms with Crippen LogP contribution in [-0.2, 0) is 26.2 Å². The number of halogens is 1. The molecule has 36 heavy (non-hydrogen) atoms. The molecule has 0 heterocycles. The van der Waals surface area contributed by atoms with E-state index >= 15 is 0 Å². The summed E-state index contributed by atoms with van der Waals surface area (Å²) in [5.74, 6) is -0.635. The van der Waals surface area contributed by atoms with Crippen LogP contribution in [-0.4, -0.2) is 57.6 Å². The minimum Gasteiger partial charge on any atom is -0.497 e. The van der Waals surface area contributed by atoms with E-state index < -0.39 is 21.9 Å². The van der Waals surface area contributed by atoms with Crippen LogP contribution >= 0.6 is 0 Å². The number of benzene rings is 2. The summed E-state index contributed by atoms with van der Waals surface area (Å²) in [6, 6.07) is 11.9. The van der Waals surface area contributed by atoms with Gasteiger partial charge in [0.05, 0.1) is 19.1 Å². The molecule has 0 radical (unpaired) electrons. The fraction of sp³-hybridized carbons (Fsp3) is 0.462. The third-order valence-corrected chi connectivity index (χ3v) is 6.98. The zero-order chi connectivity index (χ0) is 26.7. The minimum atomic E-state index is -3.62. The Labute approximate surface area is 213 Å². The molecule has 8 nitrogen and oxygen atoms in total. The van der Waals surface area contributed by atoms with Crippen molar-refractivity contribution in [2.75, 3.05) is 30.8 Å². The van der Waals surface area contributed by atoms with Gasteiger partial charge in [0.15, 0.2) is 0 Å². The fourth-order valence-corrected chi connectivity index (χ4v) is 4.66. The third-order valence-electron chi connectivity index (χ3n) is 5.79. The highest BCUT2D eigenvalue weighted by atomic mass is 32.2. The second-order valence-corrected chi connectivity index (χ2v) is 10.5. The summed E-state index contributed by atoms with van der Waals surface area (Å²) in [5.41, 5.74) is 0.726. The lowest BCUT2D eigenvalue weighted by Crippen LogP contribution is -2.48. The van der Waals surface area contributed by atoms with Crippen molar-refractivity contribution >= 4 is 27.5 Å². The van der Waals surface area contributed by atoms with Crippen molar-refractivity contribution in [3.63, 3.8) is 0 Å². The summed E-state index contributed by atoms with van der Waals surface area (Å²) in [7, 11) is -2.13. The zero-order valence-electron chi connectivity index (χ0n) is 21.4. The van der Waals surface area contributed by atoms with Gasteiger partial charge in [0.25, 0.3) is 0 Å². The normalized spacial score (nSPS) is 12.0. The molecule has 198 valence electrons. The summed E-state index contributed by atoms with van der Waals surface area (Å²) < 4.78 is 45.6. The first-order valence-electron chi connectivity index (χ1n) is 12.0. The second-order valence-electron chi connectivity index (χ2n) is 8.57. The van der Waals surface area contributed by atoms with Crippen LogP contribution in [0.1, 0.15) is 45.1 Å². The third kappa shape index (κ3) is 8.51. The summed E-state index contributed by atoms with van der Waals surface area (Å²) in [6.07, 6.45) is 3.02. The van der Waals surface area contributed by atoms with Gasteiger partial charge < -0.3 is 15.0 Å². The Kier molecular flexibility index (Phi) is 11.2. The second kappa shape index (κ2) is 13.8. The van der Waals surface area contributed by atoms with Crippen molar-refractivity contribution in [3.8, 4) is 5.75 Å². The number of carbonyl (C=O) groups excluding carboxylic acids is 2. The molecule has 0 saturated heterocycles. The van der Waals surface area contributed by atoms with Crippen LogP contribution in [0.25, 0.3) is 0 Å². The molecule has 0 aromatic heterocycles. The quantitative estimate of drug-likeness (QED) is 0.383.